The topological polar surface area (TPSA) is 55.4 Å². The van der Waals surface area contributed by atoms with Crippen LogP contribution in [0.4, 0.5) is 0 Å². The van der Waals surface area contributed by atoms with Crippen molar-refractivity contribution < 1.29 is 14.3 Å². The lowest BCUT2D eigenvalue weighted by atomic mass is 10.00. The number of rotatable bonds is 2. The van der Waals surface area contributed by atoms with E-state index in [2.05, 4.69) is 5.32 Å². The second-order valence-corrected chi connectivity index (χ2v) is 3.06. The van der Waals surface area contributed by atoms with E-state index in [-0.39, 0.29) is 11.8 Å². The summed E-state index contributed by atoms with van der Waals surface area (Å²) in [4.78, 5) is 22.7. The fourth-order valence-electron chi connectivity index (χ4n) is 1.41. The van der Waals surface area contributed by atoms with Crippen LogP contribution in [0.25, 0.3) is 0 Å². The summed E-state index contributed by atoms with van der Waals surface area (Å²) in [6.07, 6.45) is 1.00. The molecule has 0 aliphatic carbocycles. The van der Waals surface area contributed by atoms with Gasteiger partial charge in [-0.2, -0.15) is 0 Å². The van der Waals surface area contributed by atoms with E-state index in [9.17, 15) is 9.59 Å². The van der Waals surface area contributed by atoms with Gasteiger partial charge in [-0.3, -0.25) is 9.59 Å². The molecule has 1 N–H and O–H groups in total. The first-order valence-electron chi connectivity index (χ1n) is 4.65. The summed E-state index contributed by atoms with van der Waals surface area (Å²) in [5, 5.41) is 3.08. The Bertz CT molecular complexity index is 203. The number of Topliss-reactive ketones (excluding diaryl/α,β-unsaturated/α-hetero) is 1. The molecule has 1 atom stereocenters. The molecule has 1 unspecified atom stereocenters. The maximum absolute atomic E-state index is 11.4. The van der Waals surface area contributed by atoms with E-state index >= 15 is 0 Å². The van der Waals surface area contributed by atoms with Gasteiger partial charge in [-0.15, -0.1) is 0 Å². The van der Waals surface area contributed by atoms with E-state index in [4.69, 9.17) is 4.74 Å². The average molecular weight is 185 g/mol. The summed E-state index contributed by atoms with van der Waals surface area (Å²) >= 11 is 0. The van der Waals surface area contributed by atoms with Crippen LogP contribution in [0.15, 0.2) is 0 Å². The van der Waals surface area contributed by atoms with Gasteiger partial charge in [0.25, 0.3) is 0 Å². The quantitative estimate of drug-likeness (QED) is 0.490. The zero-order chi connectivity index (χ0) is 9.68. The van der Waals surface area contributed by atoms with Crippen LogP contribution in [-0.2, 0) is 14.3 Å². The Labute approximate surface area is 77.6 Å². The van der Waals surface area contributed by atoms with Crippen molar-refractivity contribution in [3.63, 3.8) is 0 Å². The summed E-state index contributed by atoms with van der Waals surface area (Å²) in [5.74, 6) is -0.894. The summed E-state index contributed by atoms with van der Waals surface area (Å²) in [5.41, 5.74) is 0. The highest BCUT2D eigenvalue weighted by molar-refractivity contribution is 5.99. The predicted octanol–water partition coefficient (Wildman–Crippen LogP) is 0.118. The number of carbonyl (C=O) groups excluding carboxylic acids is 2. The fourth-order valence-corrected chi connectivity index (χ4v) is 1.41. The van der Waals surface area contributed by atoms with Gasteiger partial charge < -0.3 is 10.1 Å². The molecule has 4 nitrogen and oxygen atoms in total. The molecule has 0 aromatic carbocycles. The van der Waals surface area contributed by atoms with E-state index in [0.29, 0.717) is 26.0 Å². The number of nitrogens with one attached hydrogen (secondary N) is 1. The zero-order valence-corrected chi connectivity index (χ0v) is 7.84. The lowest BCUT2D eigenvalue weighted by Gasteiger charge is -2.10. The molecule has 1 fully saturated rings. The molecule has 0 radical (unpaired) electrons. The molecule has 0 amide bonds. The molecule has 1 heterocycles. The number of hydrogen-bond acceptors (Lipinski definition) is 4. The van der Waals surface area contributed by atoms with Crippen molar-refractivity contribution in [2.75, 3.05) is 19.7 Å². The maximum atomic E-state index is 11.4. The number of esters is 1. The molecule has 1 aliphatic heterocycles. The van der Waals surface area contributed by atoms with Gasteiger partial charge in [0.15, 0.2) is 0 Å². The van der Waals surface area contributed by atoms with Crippen LogP contribution in [0, 0.1) is 5.92 Å². The molecule has 4 heteroatoms. The number of ether oxygens (including phenoxy) is 1. The lowest BCUT2D eigenvalue weighted by Crippen LogP contribution is -2.25. The minimum atomic E-state index is -0.532. The molecule has 74 valence electrons. The van der Waals surface area contributed by atoms with Crippen LogP contribution < -0.4 is 5.32 Å². The van der Waals surface area contributed by atoms with Crippen molar-refractivity contribution in [1.82, 2.24) is 5.32 Å². The van der Waals surface area contributed by atoms with Crippen molar-refractivity contribution in [3.05, 3.63) is 0 Å². The maximum Gasteiger partial charge on any atom is 0.316 e. The second-order valence-electron chi connectivity index (χ2n) is 3.06. The summed E-state index contributed by atoms with van der Waals surface area (Å²) in [6, 6.07) is 0. The first-order valence-corrected chi connectivity index (χ1v) is 4.65. The molecule has 0 bridgehead atoms. The van der Waals surface area contributed by atoms with Gasteiger partial charge in [0.05, 0.1) is 6.61 Å². The molecular formula is C9H15NO3. The fraction of sp³-hybridized carbons (Fsp3) is 0.778. The Balaban J connectivity index is 2.53. The molecule has 1 saturated heterocycles. The Morgan fingerprint density at radius 2 is 2.38 bits per heavy atom. The second kappa shape index (κ2) is 4.97. The van der Waals surface area contributed by atoms with Gasteiger partial charge in [0.2, 0.25) is 0 Å². The molecule has 1 aliphatic rings. The number of hydrogen-bond donors (Lipinski definition) is 1. The summed E-state index contributed by atoms with van der Waals surface area (Å²) in [6.45, 7) is 3.48. The molecular weight excluding hydrogens is 170 g/mol. The van der Waals surface area contributed by atoms with Crippen molar-refractivity contribution >= 4 is 11.8 Å². The highest BCUT2D eigenvalue weighted by Gasteiger charge is 2.28. The van der Waals surface area contributed by atoms with Crippen molar-refractivity contribution in [3.8, 4) is 0 Å². The predicted molar refractivity (Wildman–Crippen MR) is 47.2 cm³/mol. The van der Waals surface area contributed by atoms with Crippen molar-refractivity contribution in [2.24, 2.45) is 5.92 Å². The minimum absolute atomic E-state index is 0.00319. The molecule has 1 rings (SSSR count). The Hall–Kier alpha value is -0.900. The van der Waals surface area contributed by atoms with Crippen LogP contribution in [0.1, 0.15) is 19.8 Å². The van der Waals surface area contributed by atoms with Gasteiger partial charge in [-0.1, -0.05) is 0 Å². The molecule has 0 aromatic heterocycles. The normalized spacial score (nSPS) is 23.8. The largest absolute Gasteiger partial charge is 0.465 e. The third kappa shape index (κ3) is 2.81. The Morgan fingerprint density at radius 1 is 1.62 bits per heavy atom. The van der Waals surface area contributed by atoms with Crippen molar-refractivity contribution in [1.29, 1.82) is 0 Å². The highest BCUT2D eigenvalue weighted by Crippen LogP contribution is 2.11. The monoisotopic (exact) mass is 185 g/mol. The average Bonchev–Trinajstić information content (AvgIpc) is 2.30. The molecule has 0 aromatic rings. The van der Waals surface area contributed by atoms with Crippen molar-refractivity contribution in [2.45, 2.75) is 19.8 Å². The van der Waals surface area contributed by atoms with Crippen LogP contribution in [-0.4, -0.2) is 31.4 Å². The molecule has 13 heavy (non-hydrogen) atoms. The number of ketones is 1. The van der Waals surface area contributed by atoms with Gasteiger partial charge in [0, 0.05) is 13.0 Å². The lowest BCUT2D eigenvalue weighted by molar-refractivity contribution is -0.151. The summed E-state index contributed by atoms with van der Waals surface area (Å²) < 4.78 is 4.82. The zero-order valence-electron chi connectivity index (χ0n) is 7.84. The Morgan fingerprint density at radius 3 is 3.08 bits per heavy atom. The van der Waals surface area contributed by atoms with Gasteiger partial charge in [-0.05, 0) is 19.9 Å². The van der Waals surface area contributed by atoms with Crippen LogP contribution in [0.5, 0.6) is 0 Å². The van der Waals surface area contributed by atoms with Gasteiger partial charge >= 0.3 is 5.97 Å². The van der Waals surface area contributed by atoms with E-state index in [1.165, 1.54) is 0 Å². The highest BCUT2D eigenvalue weighted by atomic mass is 16.5. The molecule has 0 saturated carbocycles. The standard InChI is InChI=1S/C9H15NO3/c1-2-13-9(12)7-3-5-10-6-4-8(7)11/h7,10H,2-6H2,1H3. The van der Waals surface area contributed by atoms with Gasteiger partial charge in [0.1, 0.15) is 11.7 Å². The SMILES string of the molecule is CCOC(=O)C1CCNCCC1=O. The minimum Gasteiger partial charge on any atom is -0.465 e. The first-order chi connectivity index (χ1) is 6.25. The first kappa shape index (κ1) is 10.2. The third-order valence-corrected chi connectivity index (χ3v) is 2.12. The van der Waals surface area contributed by atoms with E-state index in [1.807, 2.05) is 0 Å². The summed E-state index contributed by atoms with van der Waals surface area (Å²) in [7, 11) is 0. The van der Waals surface area contributed by atoms with Crippen LogP contribution in [0.2, 0.25) is 0 Å². The van der Waals surface area contributed by atoms with Crippen LogP contribution >= 0.6 is 0 Å². The Kier molecular flexibility index (Phi) is 3.89. The van der Waals surface area contributed by atoms with E-state index in [0.717, 1.165) is 6.54 Å². The van der Waals surface area contributed by atoms with Crippen LogP contribution in [0.3, 0.4) is 0 Å². The van der Waals surface area contributed by atoms with E-state index < -0.39 is 5.92 Å². The smallest absolute Gasteiger partial charge is 0.316 e. The molecule has 0 spiro atoms. The van der Waals surface area contributed by atoms with E-state index in [1.54, 1.807) is 6.92 Å². The number of carbonyl (C=O) groups is 2. The van der Waals surface area contributed by atoms with Gasteiger partial charge in [-0.25, -0.2) is 0 Å². The third-order valence-electron chi connectivity index (χ3n) is 2.12.